The van der Waals surface area contributed by atoms with Gasteiger partial charge in [-0.1, -0.05) is 6.07 Å². The Bertz CT molecular complexity index is 883. The molecule has 0 bridgehead atoms. The van der Waals surface area contributed by atoms with Gasteiger partial charge in [0, 0.05) is 12.6 Å². The molecule has 0 aliphatic carbocycles. The second kappa shape index (κ2) is 10.0. The van der Waals surface area contributed by atoms with Gasteiger partial charge in [0.05, 0.1) is 31.2 Å². The zero-order valence-electron chi connectivity index (χ0n) is 17.7. The highest BCUT2D eigenvalue weighted by molar-refractivity contribution is 7.72. The van der Waals surface area contributed by atoms with Crippen LogP contribution in [0.15, 0.2) is 41.7 Å². The summed E-state index contributed by atoms with van der Waals surface area (Å²) in [5.41, 5.74) is 2.22. The molecule has 2 aromatic rings. The van der Waals surface area contributed by atoms with Crippen molar-refractivity contribution in [2.45, 2.75) is 53.2 Å². The number of benzene rings is 1. The molecule has 29 heavy (non-hydrogen) atoms. The number of aromatic hydroxyl groups is 1. The van der Waals surface area contributed by atoms with Crippen molar-refractivity contribution < 1.29 is 23.5 Å². The summed E-state index contributed by atoms with van der Waals surface area (Å²) in [5.74, 6) is 0.409. The van der Waals surface area contributed by atoms with Crippen LogP contribution >= 0.6 is 7.60 Å². The molecule has 0 aliphatic rings. The van der Waals surface area contributed by atoms with Gasteiger partial charge in [0.2, 0.25) is 0 Å². The third-order valence-corrected chi connectivity index (χ3v) is 6.12. The summed E-state index contributed by atoms with van der Waals surface area (Å²) < 4.78 is 30.6. The number of methoxy groups -OCH3 is 1. The predicted molar refractivity (Wildman–Crippen MR) is 114 cm³/mol. The standard InChI is InChI=1S/C21H29N2O5P/c1-14(2)27-29(25,28-15(3)4)20(23-18-8-7-9-22-13-18)12-17-10-16(5)21(24)19(11-17)26-6/h7-11,13-15,24H,12H2,1-6H3. The van der Waals surface area contributed by atoms with E-state index in [1.165, 1.54) is 7.11 Å². The van der Waals surface area contributed by atoms with Gasteiger partial charge in [0.1, 0.15) is 5.45 Å². The molecule has 1 N–H and O–H groups in total. The van der Waals surface area contributed by atoms with Crippen LogP contribution in [0.3, 0.4) is 0 Å². The van der Waals surface area contributed by atoms with Crippen LogP contribution in [0.2, 0.25) is 0 Å². The Morgan fingerprint density at radius 2 is 1.86 bits per heavy atom. The summed E-state index contributed by atoms with van der Waals surface area (Å²) in [5, 5.41) is 10.1. The topological polar surface area (TPSA) is 90.2 Å². The van der Waals surface area contributed by atoms with E-state index in [-0.39, 0.29) is 29.8 Å². The molecule has 0 saturated carbocycles. The van der Waals surface area contributed by atoms with Gasteiger partial charge in [0.25, 0.3) is 0 Å². The van der Waals surface area contributed by atoms with E-state index in [0.717, 1.165) is 5.56 Å². The first-order valence-electron chi connectivity index (χ1n) is 9.46. The summed E-state index contributed by atoms with van der Waals surface area (Å²) in [6.07, 6.45) is 2.77. The second-order valence-corrected chi connectivity index (χ2v) is 9.12. The predicted octanol–water partition coefficient (Wildman–Crippen LogP) is 5.42. The van der Waals surface area contributed by atoms with Gasteiger partial charge in [-0.05, 0) is 63.9 Å². The maximum absolute atomic E-state index is 13.8. The molecule has 0 unspecified atom stereocenters. The first-order chi connectivity index (χ1) is 13.6. The number of pyridine rings is 1. The van der Waals surface area contributed by atoms with Crippen molar-refractivity contribution in [3.05, 3.63) is 47.8 Å². The molecule has 1 heterocycles. The van der Waals surface area contributed by atoms with E-state index in [4.69, 9.17) is 13.8 Å². The minimum Gasteiger partial charge on any atom is -0.504 e. The van der Waals surface area contributed by atoms with Crippen LogP contribution in [0.1, 0.15) is 38.8 Å². The highest BCUT2D eigenvalue weighted by Gasteiger charge is 2.35. The fourth-order valence-corrected chi connectivity index (χ4v) is 4.74. The molecule has 0 spiro atoms. The van der Waals surface area contributed by atoms with Crippen LogP contribution in [-0.2, 0) is 20.0 Å². The van der Waals surface area contributed by atoms with Crippen molar-refractivity contribution in [1.82, 2.24) is 4.98 Å². The van der Waals surface area contributed by atoms with Crippen molar-refractivity contribution in [2.75, 3.05) is 7.11 Å². The molecule has 1 aromatic carbocycles. The Kier molecular flexibility index (Phi) is 7.96. The van der Waals surface area contributed by atoms with E-state index in [1.807, 2.05) is 0 Å². The van der Waals surface area contributed by atoms with Gasteiger partial charge in [-0.25, -0.2) is 4.99 Å². The minimum absolute atomic E-state index is 0.0713. The van der Waals surface area contributed by atoms with Gasteiger partial charge in [0.15, 0.2) is 11.5 Å². The van der Waals surface area contributed by atoms with Crippen LogP contribution in [0.4, 0.5) is 5.69 Å². The van der Waals surface area contributed by atoms with Crippen molar-refractivity contribution in [2.24, 2.45) is 4.99 Å². The molecule has 0 amide bonds. The quantitative estimate of drug-likeness (QED) is 0.430. The van der Waals surface area contributed by atoms with Gasteiger partial charge < -0.3 is 18.9 Å². The van der Waals surface area contributed by atoms with Crippen molar-refractivity contribution in [3.63, 3.8) is 0 Å². The van der Waals surface area contributed by atoms with Gasteiger partial charge >= 0.3 is 7.60 Å². The molecule has 8 heteroatoms. The Labute approximate surface area is 172 Å². The van der Waals surface area contributed by atoms with Crippen LogP contribution < -0.4 is 4.74 Å². The monoisotopic (exact) mass is 420 g/mol. The molecular weight excluding hydrogens is 391 g/mol. The fourth-order valence-electron chi connectivity index (χ4n) is 2.73. The average molecular weight is 420 g/mol. The van der Waals surface area contributed by atoms with Crippen molar-refractivity contribution in [3.8, 4) is 11.5 Å². The van der Waals surface area contributed by atoms with E-state index in [2.05, 4.69) is 9.98 Å². The Balaban J connectivity index is 2.57. The number of ether oxygens (including phenoxy) is 1. The molecular formula is C21H29N2O5P. The van der Waals surface area contributed by atoms with E-state index in [1.54, 1.807) is 71.3 Å². The van der Waals surface area contributed by atoms with Crippen LogP contribution in [0.25, 0.3) is 0 Å². The van der Waals surface area contributed by atoms with E-state index < -0.39 is 7.60 Å². The Hall–Kier alpha value is -2.21. The van der Waals surface area contributed by atoms with E-state index >= 15 is 0 Å². The van der Waals surface area contributed by atoms with Gasteiger partial charge in [-0.15, -0.1) is 0 Å². The summed E-state index contributed by atoms with van der Waals surface area (Å²) in [7, 11) is -2.22. The number of rotatable bonds is 9. The minimum atomic E-state index is -3.70. The molecule has 7 nitrogen and oxygen atoms in total. The second-order valence-electron chi connectivity index (χ2n) is 7.19. The highest BCUT2D eigenvalue weighted by Crippen LogP contribution is 2.53. The van der Waals surface area contributed by atoms with Crippen molar-refractivity contribution >= 4 is 18.7 Å². The van der Waals surface area contributed by atoms with Crippen LogP contribution in [0, 0.1) is 6.92 Å². The number of aromatic nitrogens is 1. The number of nitrogens with zero attached hydrogens (tertiary/aromatic N) is 2. The molecule has 2 rings (SSSR count). The van der Waals surface area contributed by atoms with E-state index in [0.29, 0.717) is 17.0 Å². The molecule has 0 aliphatic heterocycles. The highest BCUT2D eigenvalue weighted by atomic mass is 31.2. The third-order valence-electron chi connectivity index (χ3n) is 3.83. The maximum atomic E-state index is 13.8. The van der Waals surface area contributed by atoms with Gasteiger partial charge in [-0.3, -0.25) is 9.55 Å². The molecule has 1 aromatic heterocycles. The lowest BCUT2D eigenvalue weighted by Crippen LogP contribution is -2.16. The first kappa shape index (κ1) is 23.1. The number of hydrogen-bond donors (Lipinski definition) is 1. The Morgan fingerprint density at radius 1 is 1.21 bits per heavy atom. The zero-order valence-corrected chi connectivity index (χ0v) is 18.6. The summed E-state index contributed by atoms with van der Waals surface area (Å²) in [4.78, 5) is 8.65. The number of aryl methyl sites for hydroxylation is 1. The lowest BCUT2D eigenvalue weighted by Gasteiger charge is -2.24. The zero-order chi connectivity index (χ0) is 21.6. The molecule has 0 fully saturated rings. The number of phenolic OH excluding ortho intramolecular Hbond substituents is 1. The molecule has 0 saturated heterocycles. The van der Waals surface area contributed by atoms with E-state index in [9.17, 15) is 9.67 Å². The third kappa shape index (κ3) is 6.39. The molecule has 158 valence electrons. The smallest absolute Gasteiger partial charge is 0.376 e. The van der Waals surface area contributed by atoms with Gasteiger partial charge in [-0.2, -0.15) is 0 Å². The van der Waals surface area contributed by atoms with Crippen LogP contribution in [0.5, 0.6) is 11.5 Å². The molecule has 0 radical (unpaired) electrons. The largest absolute Gasteiger partial charge is 0.504 e. The number of aliphatic imine (C=N–C) groups is 1. The summed E-state index contributed by atoms with van der Waals surface area (Å²) >= 11 is 0. The summed E-state index contributed by atoms with van der Waals surface area (Å²) in [6.45, 7) is 8.96. The number of hydrogen-bond acceptors (Lipinski definition) is 7. The fraction of sp³-hybridized carbons (Fsp3) is 0.429. The lowest BCUT2D eigenvalue weighted by atomic mass is 10.1. The summed E-state index contributed by atoms with van der Waals surface area (Å²) in [6, 6.07) is 7.01. The SMILES string of the molecule is COc1cc(CC(=Nc2cccnc2)P(=O)(OC(C)C)OC(C)C)cc(C)c1O. The lowest BCUT2D eigenvalue weighted by molar-refractivity contribution is 0.152. The van der Waals surface area contributed by atoms with Crippen LogP contribution in [-0.4, -0.2) is 34.9 Å². The Morgan fingerprint density at radius 3 is 2.38 bits per heavy atom. The average Bonchev–Trinajstić information content (AvgIpc) is 2.63. The molecule has 0 atom stereocenters. The van der Waals surface area contributed by atoms with Crippen molar-refractivity contribution in [1.29, 1.82) is 0 Å². The normalized spacial score (nSPS) is 12.6. The first-order valence-corrected chi connectivity index (χ1v) is 11.0. The number of phenols is 1. The maximum Gasteiger partial charge on any atom is 0.376 e.